The van der Waals surface area contributed by atoms with Crippen LogP contribution in [-0.2, 0) is 0 Å². The predicted octanol–water partition coefficient (Wildman–Crippen LogP) is 2.64. The van der Waals surface area contributed by atoms with Gasteiger partial charge in [0.15, 0.2) is 5.69 Å². The maximum Gasteiger partial charge on any atom is 0.333 e. The lowest BCUT2D eigenvalue weighted by Gasteiger charge is -2.41. The van der Waals surface area contributed by atoms with Gasteiger partial charge in [-0.25, -0.2) is 4.68 Å². The monoisotopic (exact) mass is 350 g/mol. The Morgan fingerprint density at radius 3 is 2.68 bits per heavy atom. The molecule has 134 valence electrons. The van der Waals surface area contributed by atoms with Gasteiger partial charge in [0.1, 0.15) is 5.75 Å². The van der Waals surface area contributed by atoms with Gasteiger partial charge in [-0.2, -0.15) is 13.9 Å². The summed E-state index contributed by atoms with van der Waals surface area (Å²) in [6.07, 6.45) is 1.12. The molecule has 2 aromatic rings. The Morgan fingerprint density at radius 2 is 2.04 bits per heavy atom. The van der Waals surface area contributed by atoms with Crippen molar-refractivity contribution in [3.63, 3.8) is 0 Å². The molecular weight excluding hydrogens is 330 g/mol. The summed E-state index contributed by atoms with van der Waals surface area (Å²) in [5.41, 5.74) is 1.02. The van der Waals surface area contributed by atoms with Crippen molar-refractivity contribution in [3.05, 3.63) is 42.2 Å². The first kappa shape index (κ1) is 17.2. The summed E-state index contributed by atoms with van der Waals surface area (Å²) >= 11 is 0. The SMILES string of the molecule is COc1ccccc1N1CCN(C(=O)c2ccn(C(F)F)n2)[C@@H](C)C1. The molecule has 0 radical (unpaired) electrons. The number of alkyl halides is 2. The summed E-state index contributed by atoms with van der Waals surface area (Å²) in [5.74, 6) is 0.455. The highest BCUT2D eigenvalue weighted by atomic mass is 19.3. The van der Waals surface area contributed by atoms with Crippen LogP contribution < -0.4 is 9.64 Å². The molecule has 25 heavy (non-hydrogen) atoms. The van der Waals surface area contributed by atoms with Gasteiger partial charge in [-0.05, 0) is 25.1 Å². The van der Waals surface area contributed by atoms with Crippen LogP contribution in [0.4, 0.5) is 14.5 Å². The molecular formula is C17H20F2N4O2. The number of carbonyl (C=O) groups excluding carboxylic acids is 1. The van der Waals surface area contributed by atoms with Crippen LogP contribution in [0.3, 0.4) is 0 Å². The Bertz CT molecular complexity index is 750. The Labute approximate surface area is 144 Å². The van der Waals surface area contributed by atoms with Crippen molar-refractivity contribution in [2.75, 3.05) is 31.6 Å². The molecule has 1 amide bonds. The third kappa shape index (κ3) is 3.42. The average molecular weight is 350 g/mol. The van der Waals surface area contributed by atoms with Crippen molar-refractivity contribution in [2.24, 2.45) is 0 Å². The summed E-state index contributed by atoms with van der Waals surface area (Å²) in [6.45, 7) is 0.929. The second-order valence-corrected chi connectivity index (χ2v) is 5.92. The molecule has 1 aromatic carbocycles. The van der Waals surface area contributed by atoms with Crippen LogP contribution in [-0.4, -0.2) is 53.4 Å². The molecule has 1 aliphatic rings. The zero-order valence-corrected chi connectivity index (χ0v) is 14.1. The highest BCUT2D eigenvalue weighted by molar-refractivity contribution is 5.92. The van der Waals surface area contributed by atoms with Crippen molar-refractivity contribution in [2.45, 2.75) is 19.5 Å². The molecule has 0 unspecified atom stereocenters. The first-order valence-electron chi connectivity index (χ1n) is 8.03. The minimum atomic E-state index is -2.75. The first-order chi connectivity index (χ1) is 12.0. The number of halogens is 2. The number of amides is 1. The van der Waals surface area contributed by atoms with Crippen LogP contribution in [0.15, 0.2) is 36.5 Å². The Kier molecular flexibility index (Phi) is 4.87. The molecule has 0 aliphatic carbocycles. The molecule has 1 fully saturated rings. The Hall–Kier alpha value is -2.64. The van der Waals surface area contributed by atoms with E-state index in [1.165, 1.54) is 6.07 Å². The Balaban J connectivity index is 1.72. The maximum absolute atomic E-state index is 12.6. The number of benzene rings is 1. The van der Waals surface area contributed by atoms with Gasteiger partial charge in [-0.3, -0.25) is 4.79 Å². The number of nitrogens with zero attached hydrogens (tertiary/aromatic N) is 4. The largest absolute Gasteiger partial charge is 0.495 e. The van der Waals surface area contributed by atoms with E-state index in [1.54, 1.807) is 12.0 Å². The molecule has 1 aromatic heterocycles. The maximum atomic E-state index is 12.6. The van der Waals surface area contributed by atoms with Crippen molar-refractivity contribution in [1.29, 1.82) is 0 Å². The molecule has 0 N–H and O–H groups in total. The minimum Gasteiger partial charge on any atom is -0.495 e. The van der Waals surface area contributed by atoms with Crippen molar-refractivity contribution < 1.29 is 18.3 Å². The number of methoxy groups -OCH3 is 1. The molecule has 6 nitrogen and oxygen atoms in total. The molecule has 2 heterocycles. The fourth-order valence-electron chi connectivity index (χ4n) is 3.08. The molecule has 0 saturated carbocycles. The topological polar surface area (TPSA) is 50.6 Å². The van der Waals surface area contributed by atoms with E-state index in [-0.39, 0.29) is 17.6 Å². The van der Waals surface area contributed by atoms with Gasteiger partial charge in [-0.1, -0.05) is 12.1 Å². The zero-order valence-electron chi connectivity index (χ0n) is 14.1. The second kappa shape index (κ2) is 7.08. The van der Waals surface area contributed by atoms with Crippen molar-refractivity contribution in [1.82, 2.24) is 14.7 Å². The van der Waals surface area contributed by atoms with Crippen molar-refractivity contribution >= 4 is 11.6 Å². The van der Waals surface area contributed by atoms with Gasteiger partial charge in [0, 0.05) is 31.9 Å². The van der Waals surface area contributed by atoms with E-state index >= 15 is 0 Å². The van der Waals surface area contributed by atoms with E-state index in [0.717, 1.165) is 17.6 Å². The van der Waals surface area contributed by atoms with Gasteiger partial charge in [0.25, 0.3) is 5.91 Å². The first-order valence-corrected chi connectivity index (χ1v) is 8.03. The van der Waals surface area contributed by atoms with E-state index in [0.29, 0.717) is 24.3 Å². The van der Waals surface area contributed by atoms with Crippen LogP contribution in [0, 0.1) is 0 Å². The van der Waals surface area contributed by atoms with E-state index in [9.17, 15) is 13.6 Å². The standard InChI is InChI=1S/C17H20F2N4O2/c1-12-11-21(14-5-3-4-6-15(14)25-2)9-10-22(12)16(24)13-7-8-23(20-13)17(18)19/h3-8,12,17H,9-11H2,1-2H3/t12-/m0/s1. The predicted molar refractivity (Wildman–Crippen MR) is 89.2 cm³/mol. The highest BCUT2D eigenvalue weighted by Gasteiger charge is 2.30. The zero-order chi connectivity index (χ0) is 18.0. The smallest absolute Gasteiger partial charge is 0.333 e. The molecule has 8 heteroatoms. The third-order valence-corrected chi connectivity index (χ3v) is 4.34. The lowest BCUT2D eigenvalue weighted by atomic mass is 10.1. The lowest BCUT2D eigenvalue weighted by molar-refractivity contribution is 0.0542. The fourth-order valence-corrected chi connectivity index (χ4v) is 3.08. The average Bonchev–Trinajstić information content (AvgIpc) is 3.11. The number of hydrogen-bond acceptors (Lipinski definition) is 4. The summed E-state index contributed by atoms with van der Waals surface area (Å²) in [7, 11) is 1.63. The minimum absolute atomic E-state index is 0.0397. The second-order valence-electron chi connectivity index (χ2n) is 5.92. The summed E-state index contributed by atoms with van der Waals surface area (Å²) < 4.78 is 31.1. The fraction of sp³-hybridized carbons (Fsp3) is 0.412. The van der Waals surface area contributed by atoms with Gasteiger partial charge < -0.3 is 14.5 Å². The number of piperazine rings is 1. The third-order valence-electron chi connectivity index (χ3n) is 4.34. The van der Waals surface area contributed by atoms with E-state index < -0.39 is 6.55 Å². The summed E-state index contributed by atoms with van der Waals surface area (Å²) in [6, 6.07) is 8.97. The number of aromatic nitrogens is 2. The molecule has 0 bridgehead atoms. The molecule has 1 saturated heterocycles. The van der Waals surface area contributed by atoms with E-state index in [4.69, 9.17) is 4.74 Å². The van der Waals surface area contributed by atoms with Gasteiger partial charge in [0.05, 0.1) is 12.8 Å². The van der Waals surface area contributed by atoms with Gasteiger partial charge in [0.2, 0.25) is 0 Å². The number of carbonyl (C=O) groups is 1. The molecule has 1 atom stereocenters. The van der Waals surface area contributed by atoms with Crippen molar-refractivity contribution in [3.8, 4) is 5.75 Å². The van der Waals surface area contributed by atoms with E-state index in [2.05, 4.69) is 10.00 Å². The molecule has 3 rings (SSSR count). The van der Waals surface area contributed by atoms with Crippen LogP contribution >= 0.6 is 0 Å². The number of hydrogen-bond donors (Lipinski definition) is 0. The van der Waals surface area contributed by atoms with Crippen LogP contribution in [0.1, 0.15) is 24.0 Å². The van der Waals surface area contributed by atoms with Gasteiger partial charge >= 0.3 is 6.55 Å². The highest BCUT2D eigenvalue weighted by Crippen LogP contribution is 2.29. The normalized spacial score (nSPS) is 17.9. The van der Waals surface area contributed by atoms with E-state index in [1.807, 2.05) is 31.2 Å². The molecule has 1 aliphatic heterocycles. The van der Waals surface area contributed by atoms with Crippen LogP contribution in [0.2, 0.25) is 0 Å². The lowest BCUT2D eigenvalue weighted by Crippen LogP contribution is -2.54. The quantitative estimate of drug-likeness (QED) is 0.851. The van der Waals surface area contributed by atoms with Crippen LogP contribution in [0.5, 0.6) is 5.75 Å². The summed E-state index contributed by atoms with van der Waals surface area (Å²) in [5, 5.41) is 3.67. The number of rotatable bonds is 4. The number of para-hydroxylation sites is 2. The van der Waals surface area contributed by atoms with Crippen LogP contribution in [0.25, 0.3) is 0 Å². The number of ether oxygens (including phenoxy) is 1. The van der Waals surface area contributed by atoms with Gasteiger partial charge in [-0.15, -0.1) is 0 Å². The summed E-state index contributed by atoms with van der Waals surface area (Å²) in [4.78, 5) is 16.4. The molecule has 0 spiro atoms. The number of anilines is 1. The Morgan fingerprint density at radius 1 is 1.28 bits per heavy atom.